The fraction of sp³-hybridized carbons (Fsp3) is 0.571. The number of carboxylic acid groups (broad SMARTS) is 1. The van der Waals surface area contributed by atoms with Crippen molar-refractivity contribution in [3.63, 3.8) is 0 Å². The molecule has 0 atom stereocenters. The molecule has 0 bridgehead atoms. The van der Waals surface area contributed by atoms with E-state index in [0.717, 1.165) is 43.1 Å². The molecular weight excluding hydrogens is 400 g/mol. The highest BCUT2D eigenvalue weighted by Gasteiger charge is 2.03. The molecule has 4 nitrogen and oxygen atoms in total. The molecule has 0 saturated heterocycles. The van der Waals surface area contributed by atoms with Crippen LogP contribution in [-0.4, -0.2) is 11.1 Å². The molecule has 0 amide bonds. The van der Waals surface area contributed by atoms with Crippen LogP contribution in [0.25, 0.3) is 11.0 Å². The van der Waals surface area contributed by atoms with Crippen LogP contribution in [0.2, 0.25) is 0 Å². The Morgan fingerprint density at radius 1 is 0.844 bits per heavy atom. The second kappa shape index (κ2) is 15.4. The first-order valence-corrected chi connectivity index (χ1v) is 12.5. The molecule has 1 aromatic heterocycles. The van der Waals surface area contributed by atoms with E-state index in [0.29, 0.717) is 12.0 Å². The first kappa shape index (κ1) is 25.9. The summed E-state index contributed by atoms with van der Waals surface area (Å²) in [6.07, 6.45) is 21.3. The van der Waals surface area contributed by atoms with E-state index in [4.69, 9.17) is 9.52 Å². The van der Waals surface area contributed by atoms with Gasteiger partial charge in [0.25, 0.3) is 0 Å². The number of aliphatic carboxylic acids is 1. The summed E-state index contributed by atoms with van der Waals surface area (Å²) in [5.41, 5.74) is 2.66. The summed E-state index contributed by atoms with van der Waals surface area (Å²) in [5.74, 6) is -0.679. The number of hydrogen-bond acceptors (Lipinski definition) is 3. The van der Waals surface area contributed by atoms with Gasteiger partial charge in [-0.1, -0.05) is 69.2 Å². The van der Waals surface area contributed by atoms with Crippen molar-refractivity contribution < 1.29 is 14.3 Å². The van der Waals surface area contributed by atoms with Gasteiger partial charge in [0.1, 0.15) is 5.58 Å². The zero-order chi connectivity index (χ0) is 23.0. The van der Waals surface area contributed by atoms with Crippen LogP contribution in [0.4, 0.5) is 0 Å². The number of hydrogen-bond donors (Lipinski definition) is 1. The van der Waals surface area contributed by atoms with E-state index in [-0.39, 0.29) is 5.63 Å². The standard InChI is InChI=1S/C28H40O4/c1-23-21-28(31)32-26-22-24(19-20-25(23)26)17-15-13-11-9-7-5-3-2-4-6-8-10-12-14-16-18-27(29)30/h2,4,19-22H,3,5-18H2,1H3,(H,29,30)/b4-2+. The van der Waals surface area contributed by atoms with Gasteiger partial charge in [-0.3, -0.25) is 4.79 Å². The molecule has 0 saturated carbocycles. The number of carbonyl (C=O) groups is 1. The number of carboxylic acids is 1. The number of unbranched alkanes of at least 4 members (excludes halogenated alkanes) is 11. The minimum Gasteiger partial charge on any atom is -0.481 e. The maximum absolute atomic E-state index is 11.6. The smallest absolute Gasteiger partial charge is 0.336 e. The maximum atomic E-state index is 11.6. The van der Waals surface area contributed by atoms with E-state index in [2.05, 4.69) is 24.3 Å². The lowest BCUT2D eigenvalue weighted by atomic mass is 10.0. The molecule has 2 rings (SSSR count). The lowest BCUT2D eigenvalue weighted by Crippen LogP contribution is -1.98. The molecule has 0 radical (unpaired) electrons. The molecule has 0 spiro atoms. The van der Waals surface area contributed by atoms with Crippen LogP contribution in [0.1, 0.15) is 101 Å². The molecule has 1 heterocycles. The van der Waals surface area contributed by atoms with Gasteiger partial charge in [0, 0.05) is 17.9 Å². The Labute approximate surface area is 192 Å². The third kappa shape index (κ3) is 10.8. The van der Waals surface area contributed by atoms with Gasteiger partial charge in [-0.05, 0) is 69.1 Å². The van der Waals surface area contributed by atoms with Crippen LogP contribution in [0.15, 0.2) is 45.6 Å². The number of allylic oxidation sites excluding steroid dienone is 2. The zero-order valence-corrected chi connectivity index (χ0v) is 19.7. The Morgan fingerprint density at radius 2 is 1.44 bits per heavy atom. The van der Waals surface area contributed by atoms with Crippen molar-refractivity contribution >= 4 is 16.9 Å². The third-order valence-electron chi connectivity index (χ3n) is 6.03. The predicted octanol–water partition coefficient (Wildman–Crippen LogP) is 7.75. The van der Waals surface area contributed by atoms with Crippen molar-refractivity contribution in [2.45, 2.75) is 103 Å². The molecule has 0 aliphatic rings. The Morgan fingerprint density at radius 3 is 2.09 bits per heavy atom. The van der Waals surface area contributed by atoms with E-state index in [1.165, 1.54) is 63.4 Å². The monoisotopic (exact) mass is 440 g/mol. The second-order valence-corrected chi connectivity index (χ2v) is 8.91. The van der Waals surface area contributed by atoms with Crippen molar-refractivity contribution in [1.82, 2.24) is 0 Å². The fourth-order valence-corrected chi connectivity index (χ4v) is 4.13. The summed E-state index contributed by atoms with van der Waals surface area (Å²) < 4.78 is 5.34. The summed E-state index contributed by atoms with van der Waals surface area (Å²) in [7, 11) is 0. The van der Waals surface area contributed by atoms with E-state index >= 15 is 0 Å². The highest BCUT2D eigenvalue weighted by atomic mass is 16.4. The van der Waals surface area contributed by atoms with Crippen molar-refractivity contribution in [3.05, 3.63) is 58.0 Å². The summed E-state index contributed by atoms with van der Waals surface area (Å²) >= 11 is 0. The zero-order valence-electron chi connectivity index (χ0n) is 19.7. The van der Waals surface area contributed by atoms with Crippen molar-refractivity contribution in [3.8, 4) is 0 Å². The van der Waals surface area contributed by atoms with Gasteiger partial charge in [-0.2, -0.15) is 0 Å². The van der Waals surface area contributed by atoms with Gasteiger partial charge in [0.2, 0.25) is 0 Å². The van der Waals surface area contributed by atoms with Gasteiger partial charge in [-0.15, -0.1) is 0 Å². The molecule has 0 fully saturated rings. The van der Waals surface area contributed by atoms with Gasteiger partial charge in [-0.25, -0.2) is 4.79 Å². The molecule has 2 aromatic rings. The Balaban J connectivity index is 1.43. The van der Waals surface area contributed by atoms with Crippen LogP contribution < -0.4 is 5.63 Å². The van der Waals surface area contributed by atoms with E-state index in [9.17, 15) is 9.59 Å². The van der Waals surface area contributed by atoms with E-state index < -0.39 is 5.97 Å². The minimum absolute atomic E-state index is 0.271. The molecule has 32 heavy (non-hydrogen) atoms. The molecule has 4 heteroatoms. The quantitative estimate of drug-likeness (QED) is 0.155. The Kier molecular flexibility index (Phi) is 12.5. The van der Waals surface area contributed by atoms with E-state index in [1.807, 2.05) is 13.0 Å². The lowest BCUT2D eigenvalue weighted by molar-refractivity contribution is -0.137. The molecule has 1 N–H and O–H groups in total. The van der Waals surface area contributed by atoms with Crippen molar-refractivity contribution in [2.24, 2.45) is 0 Å². The highest BCUT2D eigenvalue weighted by Crippen LogP contribution is 2.19. The van der Waals surface area contributed by atoms with E-state index in [1.54, 1.807) is 6.07 Å². The van der Waals surface area contributed by atoms with Crippen LogP contribution in [0.5, 0.6) is 0 Å². The number of rotatable bonds is 17. The molecular formula is C28H40O4. The summed E-state index contributed by atoms with van der Waals surface area (Å²) in [6, 6.07) is 7.79. The first-order chi connectivity index (χ1) is 15.6. The lowest BCUT2D eigenvalue weighted by Gasteiger charge is -2.05. The SMILES string of the molecule is Cc1cc(=O)oc2cc(CCCCCCCC/C=C/CCCCCCCC(=O)O)ccc12. The Bertz CT molecular complexity index is 894. The number of fused-ring (bicyclic) bond motifs is 1. The van der Waals surface area contributed by atoms with Crippen LogP contribution in [0, 0.1) is 6.92 Å². The van der Waals surface area contributed by atoms with Crippen LogP contribution >= 0.6 is 0 Å². The molecule has 0 unspecified atom stereocenters. The summed E-state index contributed by atoms with van der Waals surface area (Å²) in [5, 5.41) is 9.62. The topological polar surface area (TPSA) is 67.5 Å². The fourth-order valence-electron chi connectivity index (χ4n) is 4.13. The van der Waals surface area contributed by atoms with Gasteiger partial charge in [0.15, 0.2) is 0 Å². The average molecular weight is 441 g/mol. The molecule has 1 aromatic carbocycles. The largest absolute Gasteiger partial charge is 0.481 e. The summed E-state index contributed by atoms with van der Waals surface area (Å²) in [6.45, 7) is 1.95. The average Bonchev–Trinajstić information content (AvgIpc) is 2.75. The van der Waals surface area contributed by atoms with Crippen LogP contribution in [0.3, 0.4) is 0 Å². The predicted molar refractivity (Wildman–Crippen MR) is 132 cm³/mol. The maximum Gasteiger partial charge on any atom is 0.336 e. The van der Waals surface area contributed by atoms with Crippen molar-refractivity contribution in [2.75, 3.05) is 0 Å². The highest BCUT2D eigenvalue weighted by molar-refractivity contribution is 5.80. The minimum atomic E-state index is -0.679. The third-order valence-corrected chi connectivity index (χ3v) is 6.03. The first-order valence-electron chi connectivity index (χ1n) is 12.5. The van der Waals surface area contributed by atoms with Crippen LogP contribution in [-0.2, 0) is 11.2 Å². The number of benzene rings is 1. The molecule has 0 aliphatic carbocycles. The van der Waals surface area contributed by atoms with Crippen molar-refractivity contribution in [1.29, 1.82) is 0 Å². The van der Waals surface area contributed by atoms with Gasteiger partial charge >= 0.3 is 11.6 Å². The number of aryl methyl sites for hydroxylation is 2. The van der Waals surface area contributed by atoms with Gasteiger partial charge < -0.3 is 9.52 Å². The Hall–Kier alpha value is -2.36. The normalized spacial score (nSPS) is 11.5. The van der Waals surface area contributed by atoms with Gasteiger partial charge in [0.05, 0.1) is 0 Å². The summed E-state index contributed by atoms with van der Waals surface area (Å²) in [4.78, 5) is 22.0. The second-order valence-electron chi connectivity index (χ2n) is 8.91. The molecule has 0 aliphatic heterocycles. The molecule has 176 valence electrons.